The molecule has 0 aromatic heterocycles. The van der Waals surface area contributed by atoms with E-state index >= 15 is 0 Å². The monoisotopic (exact) mass is 393 g/mol. The van der Waals surface area contributed by atoms with Crippen LogP contribution in [0.5, 0.6) is 5.75 Å². The van der Waals surface area contributed by atoms with Crippen molar-refractivity contribution < 1.29 is 14.3 Å². The average molecular weight is 393 g/mol. The molecule has 6 nitrogen and oxygen atoms in total. The van der Waals surface area contributed by atoms with Crippen LogP contribution in [0.1, 0.15) is 12.0 Å². The first kappa shape index (κ1) is 19.3. The predicted molar refractivity (Wildman–Crippen MR) is 113 cm³/mol. The van der Waals surface area contributed by atoms with Crippen molar-refractivity contribution in [2.24, 2.45) is 11.8 Å². The number of nitrogens with zero attached hydrogens (tertiary/aromatic N) is 2. The second-order valence-electron chi connectivity index (χ2n) is 7.82. The molecule has 1 saturated carbocycles. The van der Waals surface area contributed by atoms with Crippen molar-refractivity contribution >= 4 is 23.2 Å². The van der Waals surface area contributed by atoms with Crippen molar-refractivity contribution in [2.45, 2.75) is 13.3 Å². The number of benzene rings is 2. The summed E-state index contributed by atoms with van der Waals surface area (Å²) in [5.41, 5.74) is 3.14. The number of carbonyl (C=O) groups is 2. The van der Waals surface area contributed by atoms with E-state index in [4.69, 9.17) is 4.74 Å². The molecule has 2 unspecified atom stereocenters. The third-order valence-electron chi connectivity index (χ3n) is 5.74. The zero-order chi connectivity index (χ0) is 20.4. The maximum absolute atomic E-state index is 12.8. The van der Waals surface area contributed by atoms with Crippen molar-refractivity contribution in [3.8, 4) is 5.75 Å². The van der Waals surface area contributed by atoms with Gasteiger partial charge in [-0.2, -0.15) is 0 Å². The molecule has 1 aliphatic carbocycles. The predicted octanol–water partition coefficient (Wildman–Crippen LogP) is 2.93. The van der Waals surface area contributed by atoms with Crippen LogP contribution in [0.2, 0.25) is 0 Å². The number of carbonyl (C=O) groups excluding carboxylic acids is 2. The SMILES string of the molecule is COc1cccc(NC(=O)C2CC2C(=O)N2CCN(c3cccc(C)c3)CC2)c1. The minimum atomic E-state index is -0.233. The molecule has 2 fully saturated rings. The van der Waals surface area contributed by atoms with Gasteiger partial charge in [-0.3, -0.25) is 9.59 Å². The van der Waals surface area contributed by atoms with Gasteiger partial charge < -0.3 is 19.9 Å². The summed E-state index contributed by atoms with van der Waals surface area (Å²) in [6, 6.07) is 15.7. The van der Waals surface area contributed by atoms with E-state index in [1.165, 1.54) is 11.3 Å². The molecular formula is C23H27N3O3. The minimum Gasteiger partial charge on any atom is -0.497 e. The molecule has 2 atom stereocenters. The normalized spacial score (nSPS) is 20.9. The maximum atomic E-state index is 12.8. The van der Waals surface area contributed by atoms with Gasteiger partial charge >= 0.3 is 0 Å². The number of hydrogen-bond donors (Lipinski definition) is 1. The molecule has 2 aliphatic rings. The Bertz CT molecular complexity index is 906. The smallest absolute Gasteiger partial charge is 0.228 e. The van der Waals surface area contributed by atoms with Crippen LogP contribution >= 0.6 is 0 Å². The van der Waals surface area contributed by atoms with E-state index in [2.05, 4.69) is 41.4 Å². The molecule has 2 aromatic rings. The van der Waals surface area contributed by atoms with Gasteiger partial charge in [-0.15, -0.1) is 0 Å². The summed E-state index contributed by atoms with van der Waals surface area (Å²) in [4.78, 5) is 29.6. The molecule has 1 heterocycles. The third-order valence-corrected chi connectivity index (χ3v) is 5.74. The van der Waals surface area contributed by atoms with Crippen molar-refractivity contribution in [1.29, 1.82) is 0 Å². The fourth-order valence-electron chi connectivity index (χ4n) is 3.94. The maximum Gasteiger partial charge on any atom is 0.228 e. The number of aryl methyl sites for hydroxylation is 1. The molecule has 0 radical (unpaired) electrons. The lowest BCUT2D eigenvalue weighted by atomic mass is 10.2. The zero-order valence-electron chi connectivity index (χ0n) is 16.9. The Morgan fingerprint density at radius 3 is 2.48 bits per heavy atom. The van der Waals surface area contributed by atoms with Crippen LogP contribution in [0.15, 0.2) is 48.5 Å². The second-order valence-corrected chi connectivity index (χ2v) is 7.82. The molecule has 6 heteroatoms. The fourth-order valence-corrected chi connectivity index (χ4v) is 3.94. The van der Waals surface area contributed by atoms with Gasteiger partial charge in [0.05, 0.1) is 18.9 Å². The first-order valence-corrected chi connectivity index (χ1v) is 10.1. The van der Waals surface area contributed by atoms with Gasteiger partial charge in [0.2, 0.25) is 11.8 Å². The van der Waals surface area contributed by atoms with E-state index < -0.39 is 0 Å². The second kappa shape index (κ2) is 8.15. The highest BCUT2D eigenvalue weighted by atomic mass is 16.5. The van der Waals surface area contributed by atoms with Crippen LogP contribution in [0.3, 0.4) is 0 Å². The van der Waals surface area contributed by atoms with E-state index in [1.807, 2.05) is 23.1 Å². The van der Waals surface area contributed by atoms with Crippen molar-refractivity contribution in [3.63, 3.8) is 0 Å². The molecule has 4 rings (SSSR count). The van der Waals surface area contributed by atoms with Crippen molar-refractivity contribution in [3.05, 3.63) is 54.1 Å². The van der Waals surface area contributed by atoms with Gasteiger partial charge in [-0.1, -0.05) is 18.2 Å². The zero-order valence-corrected chi connectivity index (χ0v) is 16.9. The minimum absolute atomic E-state index is 0.0880. The number of anilines is 2. The summed E-state index contributed by atoms with van der Waals surface area (Å²) in [6.07, 6.45) is 0.632. The van der Waals surface area contributed by atoms with Crippen LogP contribution in [-0.2, 0) is 9.59 Å². The molecule has 1 N–H and O–H groups in total. The molecule has 0 spiro atoms. The van der Waals surface area contributed by atoms with E-state index in [0.29, 0.717) is 30.9 Å². The standard InChI is InChI=1S/C23H27N3O3/c1-16-5-3-7-18(13-16)25-9-11-26(12-10-25)23(28)21-15-20(21)22(27)24-17-6-4-8-19(14-17)29-2/h3-8,13-14,20-21H,9-12,15H2,1-2H3,(H,24,27). The van der Waals surface area contributed by atoms with Crippen LogP contribution in [0.4, 0.5) is 11.4 Å². The number of amides is 2. The van der Waals surface area contributed by atoms with Crippen molar-refractivity contribution in [2.75, 3.05) is 43.5 Å². The summed E-state index contributed by atoms with van der Waals surface area (Å²) in [5, 5.41) is 2.90. The molecule has 1 saturated heterocycles. The Balaban J connectivity index is 1.28. The van der Waals surface area contributed by atoms with Crippen LogP contribution in [0, 0.1) is 18.8 Å². The van der Waals surface area contributed by atoms with Crippen LogP contribution in [0.25, 0.3) is 0 Å². The summed E-state index contributed by atoms with van der Waals surface area (Å²) >= 11 is 0. The van der Waals surface area contributed by atoms with Crippen molar-refractivity contribution in [1.82, 2.24) is 4.90 Å². The number of ether oxygens (including phenoxy) is 1. The Morgan fingerprint density at radius 2 is 1.76 bits per heavy atom. The number of nitrogens with one attached hydrogen (secondary N) is 1. The van der Waals surface area contributed by atoms with Gasteiger partial charge in [-0.25, -0.2) is 0 Å². The lowest BCUT2D eigenvalue weighted by Gasteiger charge is -2.36. The van der Waals surface area contributed by atoms with Crippen LogP contribution < -0.4 is 15.0 Å². The van der Waals surface area contributed by atoms with Gasteiger partial charge in [0.15, 0.2) is 0 Å². The first-order valence-electron chi connectivity index (χ1n) is 10.1. The summed E-state index contributed by atoms with van der Waals surface area (Å²) < 4.78 is 5.18. The molecular weight excluding hydrogens is 366 g/mol. The highest BCUT2D eigenvalue weighted by Crippen LogP contribution is 2.41. The lowest BCUT2D eigenvalue weighted by Crippen LogP contribution is -2.49. The largest absolute Gasteiger partial charge is 0.497 e. The van der Waals surface area contributed by atoms with Gasteiger partial charge in [0.25, 0.3) is 0 Å². The number of hydrogen-bond acceptors (Lipinski definition) is 4. The van der Waals surface area contributed by atoms with E-state index in [9.17, 15) is 9.59 Å². The topological polar surface area (TPSA) is 61.9 Å². The average Bonchev–Trinajstić information content (AvgIpc) is 3.54. The number of piperazine rings is 1. The fraction of sp³-hybridized carbons (Fsp3) is 0.391. The molecule has 2 amide bonds. The first-order chi connectivity index (χ1) is 14.0. The molecule has 2 aromatic carbocycles. The number of methoxy groups -OCH3 is 1. The Kier molecular flexibility index (Phi) is 5.43. The Morgan fingerprint density at radius 1 is 1.00 bits per heavy atom. The number of rotatable bonds is 5. The van der Waals surface area contributed by atoms with E-state index in [1.54, 1.807) is 13.2 Å². The third kappa shape index (κ3) is 4.36. The van der Waals surface area contributed by atoms with E-state index in [-0.39, 0.29) is 23.7 Å². The highest BCUT2D eigenvalue weighted by Gasteiger charge is 2.49. The quantitative estimate of drug-likeness (QED) is 0.849. The summed E-state index contributed by atoms with van der Waals surface area (Å²) in [7, 11) is 1.59. The molecule has 152 valence electrons. The van der Waals surface area contributed by atoms with Gasteiger partial charge in [0, 0.05) is 43.6 Å². The molecule has 0 bridgehead atoms. The van der Waals surface area contributed by atoms with Gasteiger partial charge in [-0.05, 0) is 43.2 Å². The summed E-state index contributed by atoms with van der Waals surface area (Å²) in [5.74, 6) is 0.294. The van der Waals surface area contributed by atoms with Crippen LogP contribution in [-0.4, -0.2) is 50.0 Å². The molecule has 1 aliphatic heterocycles. The summed E-state index contributed by atoms with van der Waals surface area (Å²) in [6.45, 7) is 5.14. The van der Waals surface area contributed by atoms with Gasteiger partial charge in [0.1, 0.15) is 5.75 Å². The highest BCUT2D eigenvalue weighted by molar-refractivity contribution is 5.99. The Hall–Kier alpha value is -3.02. The Labute approximate surface area is 171 Å². The molecule has 29 heavy (non-hydrogen) atoms. The lowest BCUT2D eigenvalue weighted by molar-refractivity contribution is -0.134. The van der Waals surface area contributed by atoms with E-state index in [0.717, 1.165) is 13.1 Å².